The van der Waals surface area contributed by atoms with Crippen molar-refractivity contribution in [2.75, 3.05) is 0 Å². The van der Waals surface area contributed by atoms with Crippen molar-refractivity contribution >= 4 is 12.0 Å². The molecule has 2 N–H and O–H groups in total. The number of carbonyl (C=O) groups is 1. The van der Waals surface area contributed by atoms with E-state index in [4.69, 9.17) is 5.73 Å². The van der Waals surface area contributed by atoms with Crippen molar-refractivity contribution in [1.29, 1.82) is 0 Å². The van der Waals surface area contributed by atoms with Gasteiger partial charge in [-0.15, -0.1) is 0 Å². The minimum absolute atomic E-state index is 0.0221. The van der Waals surface area contributed by atoms with Crippen molar-refractivity contribution in [3.63, 3.8) is 0 Å². The van der Waals surface area contributed by atoms with Crippen LogP contribution in [0, 0.1) is 0 Å². The molecule has 112 valence electrons. The summed E-state index contributed by atoms with van der Waals surface area (Å²) in [5.41, 5.74) is 9.62. The van der Waals surface area contributed by atoms with Gasteiger partial charge in [0.2, 0.25) is 5.91 Å². The molecule has 1 unspecified atom stereocenters. The zero-order chi connectivity index (χ0) is 15.4. The molecule has 1 aliphatic heterocycles. The maximum Gasteiger partial charge on any atom is 0.240 e. The van der Waals surface area contributed by atoms with Crippen LogP contribution in [-0.2, 0) is 17.9 Å². The van der Waals surface area contributed by atoms with E-state index in [1.807, 2.05) is 59.5 Å². The Bertz CT molecular complexity index is 654. The van der Waals surface area contributed by atoms with Crippen molar-refractivity contribution in [2.24, 2.45) is 5.73 Å². The monoisotopic (exact) mass is 292 g/mol. The summed E-state index contributed by atoms with van der Waals surface area (Å²) in [5.74, 6) is 0.0221. The van der Waals surface area contributed by atoms with Crippen molar-refractivity contribution in [2.45, 2.75) is 25.6 Å². The molecule has 0 bridgehead atoms. The van der Waals surface area contributed by atoms with Gasteiger partial charge in [-0.25, -0.2) is 0 Å². The van der Waals surface area contributed by atoms with Gasteiger partial charge in [-0.05, 0) is 23.1 Å². The van der Waals surface area contributed by atoms with E-state index in [1.165, 1.54) is 11.1 Å². The Labute approximate surface area is 131 Å². The number of fused-ring (bicyclic) bond motifs is 1. The molecule has 0 spiro atoms. The normalized spacial score (nSPS) is 15.0. The van der Waals surface area contributed by atoms with E-state index >= 15 is 0 Å². The lowest BCUT2D eigenvalue weighted by Gasteiger charge is -2.19. The zero-order valence-corrected chi connectivity index (χ0v) is 12.5. The number of hydrogen-bond acceptors (Lipinski definition) is 2. The molecule has 3 nitrogen and oxygen atoms in total. The molecule has 3 heteroatoms. The van der Waals surface area contributed by atoms with Crippen LogP contribution >= 0.6 is 0 Å². The number of carbonyl (C=O) groups excluding carboxylic acids is 1. The van der Waals surface area contributed by atoms with Gasteiger partial charge in [0.1, 0.15) is 0 Å². The van der Waals surface area contributed by atoms with Crippen molar-refractivity contribution in [1.82, 2.24) is 4.90 Å². The van der Waals surface area contributed by atoms with E-state index in [1.54, 1.807) is 0 Å². The summed E-state index contributed by atoms with van der Waals surface area (Å²) in [6.45, 7) is 1.34. The Morgan fingerprint density at radius 1 is 1.05 bits per heavy atom. The highest BCUT2D eigenvalue weighted by Crippen LogP contribution is 2.22. The molecule has 0 saturated carbocycles. The molecule has 1 heterocycles. The molecule has 1 amide bonds. The van der Waals surface area contributed by atoms with Gasteiger partial charge in [0.25, 0.3) is 0 Å². The van der Waals surface area contributed by atoms with E-state index in [0.29, 0.717) is 19.5 Å². The number of nitrogens with zero attached hydrogens (tertiary/aromatic N) is 1. The van der Waals surface area contributed by atoms with Gasteiger partial charge in [0, 0.05) is 13.1 Å². The third-order valence-electron chi connectivity index (χ3n) is 3.97. The predicted octanol–water partition coefficient (Wildman–Crippen LogP) is 2.96. The van der Waals surface area contributed by atoms with Crippen LogP contribution in [-0.4, -0.2) is 16.8 Å². The molecule has 0 fully saturated rings. The van der Waals surface area contributed by atoms with Gasteiger partial charge in [-0.2, -0.15) is 0 Å². The Balaban J connectivity index is 1.56. The third-order valence-corrected chi connectivity index (χ3v) is 3.97. The highest BCUT2D eigenvalue weighted by atomic mass is 16.2. The average Bonchev–Trinajstić information content (AvgIpc) is 2.99. The van der Waals surface area contributed by atoms with Crippen LogP contribution < -0.4 is 5.73 Å². The van der Waals surface area contributed by atoms with Crippen LogP contribution in [0.25, 0.3) is 6.08 Å². The Morgan fingerprint density at radius 3 is 2.27 bits per heavy atom. The number of rotatable bonds is 4. The van der Waals surface area contributed by atoms with Gasteiger partial charge >= 0.3 is 0 Å². The van der Waals surface area contributed by atoms with E-state index < -0.39 is 6.04 Å². The maximum absolute atomic E-state index is 12.4. The predicted molar refractivity (Wildman–Crippen MR) is 88.8 cm³/mol. The standard InChI is InChI=1S/C19H20N2O/c20-18(12-6-9-15-7-2-1-3-8-15)19(22)21-13-16-10-4-5-11-17(16)14-21/h1-11,18H,12-14,20H2. The van der Waals surface area contributed by atoms with Gasteiger partial charge in [-0.1, -0.05) is 66.7 Å². The lowest BCUT2D eigenvalue weighted by molar-refractivity contribution is -0.133. The van der Waals surface area contributed by atoms with E-state index in [2.05, 4.69) is 12.1 Å². The Morgan fingerprint density at radius 2 is 1.64 bits per heavy atom. The first-order valence-electron chi connectivity index (χ1n) is 7.57. The summed E-state index contributed by atoms with van der Waals surface area (Å²) in [4.78, 5) is 14.3. The van der Waals surface area contributed by atoms with Crippen LogP contribution in [0.3, 0.4) is 0 Å². The first-order valence-corrected chi connectivity index (χ1v) is 7.57. The second-order valence-electron chi connectivity index (χ2n) is 5.62. The first-order chi connectivity index (χ1) is 10.7. The quantitative estimate of drug-likeness (QED) is 0.941. The maximum atomic E-state index is 12.4. The summed E-state index contributed by atoms with van der Waals surface area (Å²) < 4.78 is 0. The van der Waals surface area contributed by atoms with Crippen LogP contribution in [0.5, 0.6) is 0 Å². The average molecular weight is 292 g/mol. The van der Waals surface area contributed by atoms with Crippen molar-refractivity contribution in [3.05, 3.63) is 77.4 Å². The summed E-state index contributed by atoms with van der Waals surface area (Å²) in [5, 5.41) is 0. The molecule has 1 aliphatic rings. The van der Waals surface area contributed by atoms with E-state index in [9.17, 15) is 4.79 Å². The van der Waals surface area contributed by atoms with Crippen LogP contribution in [0.1, 0.15) is 23.1 Å². The molecule has 0 saturated heterocycles. The van der Waals surface area contributed by atoms with E-state index in [-0.39, 0.29) is 5.91 Å². The summed E-state index contributed by atoms with van der Waals surface area (Å²) in [7, 11) is 0. The molecule has 1 atom stereocenters. The fourth-order valence-electron chi connectivity index (χ4n) is 2.74. The lowest BCUT2D eigenvalue weighted by atomic mass is 10.1. The smallest absolute Gasteiger partial charge is 0.240 e. The minimum atomic E-state index is -0.478. The molecule has 2 aromatic carbocycles. The molecule has 0 aliphatic carbocycles. The van der Waals surface area contributed by atoms with Gasteiger partial charge in [0.15, 0.2) is 0 Å². The SMILES string of the molecule is NC(CC=Cc1ccccc1)C(=O)N1Cc2ccccc2C1. The molecule has 2 aromatic rings. The number of hydrogen-bond donors (Lipinski definition) is 1. The Kier molecular flexibility index (Phi) is 4.35. The van der Waals surface area contributed by atoms with Gasteiger partial charge in [0.05, 0.1) is 6.04 Å². The highest BCUT2D eigenvalue weighted by molar-refractivity contribution is 5.82. The molecule has 3 rings (SSSR count). The number of nitrogens with two attached hydrogens (primary N) is 1. The number of benzene rings is 2. The second kappa shape index (κ2) is 6.58. The molecular weight excluding hydrogens is 272 g/mol. The fraction of sp³-hybridized carbons (Fsp3) is 0.211. The summed E-state index contributed by atoms with van der Waals surface area (Å²) >= 11 is 0. The lowest BCUT2D eigenvalue weighted by Crippen LogP contribution is -2.40. The van der Waals surface area contributed by atoms with Crippen LogP contribution in [0.2, 0.25) is 0 Å². The van der Waals surface area contributed by atoms with Crippen LogP contribution in [0.15, 0.2) is 60.7 Å². The van der Waals surface area contributed by atoms with Crippen molar-refractivity contribution < 1.29 is 4.79 Å². The second-order valence-corrected chi connectivity index (χ2v) is 5.62. The molecule has 22 heavy (non-hydrogen) atoms. The van der Waals surface area contributed by atoms with Gasteiger partial charge in [-0.3, -0.25) is 4.79 Å². The fourth-order valence-corrected chi connectivity index (χ4v) is 2.74. The van der Waals surface area contributed by atoms with Gasteiger partial charge < -0.3 is 10.6 Å². The van der Waals surface area contributed by atoms with Crippen molar-refractivity contribution in [3.8, 4) is 0 Å². The third kappa shape index (κ3) is 3.26. The highest BCUT2D eigenvalue weighted by Gasteiger charge is 2.26. The first kappa shape index (κ1) is 14.5. The zero-order valence-electron chi connectivity index (χ0n) is 12.5. The summed E-state index contributed by atoms with van der Waals surface area (Å²) in [6, 6.07) is 17.7. The molecular formula is C19H20N2O. The number of amides is 1. The Hall–Kier alpha value is -2.39. The minimum Gasteiger partial charge on any atom is -0.333 e. The van der Waals surface area contributed by atoms with Crippen LogP contribution in [0.4, 0.5) is 0 Å². The molecule has 0 aromatic heterocycles. The largest absolute Gasteiger partial charge is 0.333 e. The topological polar surface area (TPSA) is 46.3 Å². The molecule has 0 radical (unpaired) electrons. The summed E-state index contributed by atoms with van der Waals surface area (Å²) in [6.07, 6.45) is 4.54. The van der Waals surface area contributed by atoms with E-state index in [0.717, 1.165) is 5.56 Å².